The van der Waals surface area contributed by atoms with Crippen molar-refractivity contribution in [2.75, 3.05) is 0 Å². The first kappa shape index (κ1) is 17.8. The Morgan fingerprint density at radius 1 is 1.36 bits per heavy atom. The molecule has 0 spiro atoms. The number of nitro groups is 1. The van der Waals surface area contributed by atoms with E-state index in [9.17, 15) is 19.7 Å². The van der Waals surface area contributed by atoms with Crippen LogP contribution in [0.15, 0.2) is 12.1 Å². The van der Waals surface area contributed by atoms with E-state index in [-0.39, 0.29) is 16.1 Å². The first-order valence-electron chi connectivity index (χ1n) is 6.44. The molecule has 0 aromatic heterocycles. The van der Waals surface area contributed by atoms with Crippen molar-refractivity contribution in [2.24, 2.45) is 11.3 Å². The van der Waals surface area contributed by atoms with Crippen molar-refractivity contribution in [3.05, 3.63) is 38.4 Å². The van der Waals surface area contributed by atoms with Gasteiger partial charge in [0, 0.05) is 11.0 Å². The second-order valence-corrected chi connectivity index (χ2v) is 6.27. The third-order valence-corrected chi connectivity index (χ3v) is 3.62. The number of rotatable bonds is 4. The van der Waals surface area contributed by atoms with Crippen molar-refractivity contribution >= 4 is 28.9 Å². The van der Waals surface area contributed by atoms with Crippen molar-refractivity contribution in [3.8, 4) is 6.07 Å². The number of ketones is 2. The largest absolute Gasteiger partial charge is 0.297 e. The summed E-state index contributed by atoms with van der Waals surface area (Å²) >= 11 is 5.84. The molecule has 0 heterocycles. The van der Waals surface area contributed by atoms with Crippen LogP contribution in [0.3, 0.4) is 0 Å². The molecular weight excluding hydrogens is 308 g/mol. The normalized spacial score (nSPS) is 12.4. The van der Waals surface area contributed by atoms with Gasteiger partial charge in [-0.3, -0.25) is 19.7 Å². The zero-order valence-corrected chi connectivity index (χ0v) is 13.4. The van der Waals surface area contributed by atoms with Gasteiger partial charge >= 0.3 is 0 Å². The fraction of sp³-hybridized carbons (Fsp3) is 0.400. The third kappa shape index (κ3) is 3.31. The van der Waals surface area contributed by atoms with E-state index in [2.05, 4.69) is 0 Å². The summed E-state index contributed by atoms with van der Waals surface area (Å²) in [7, 11) is 0. The first-order chi connectivity index (χ1) is 10.0. The average molecular weight is 323 g/mol. The lowest BCUT2D eigenvalue weighted by atomic mass is 9.80. The van der Waals surface area contributed by atoms with Crippen LogP contribution in [0.5, 0.6) is 0 Å². The number of halogens is 1. The summed E-state index contributed by atoms with van der Waals surface area (Å²) in [6.07, 6.45) is 0. The quantitative estimate of drug-likeness (QED) is 0.365. The molecule has 1 atom stereocenters. The molecule has 116 valence electrons. The van der Waals surface area contributed by atoms with Crippen LogP contribution in [0.2, 0.25) is 5.02 Å². The van der Waals surface area contributed by atoms with Gasteiger partial charge < -0.3 is 0 Å². The number of nitriles is 1. The van der Waals surface area contributed by atoms with Gasteiger partial charge in [-0.25, -0.2) is 0 Å². The molecule has 0 aliphatic rings. The van der Waals surface area contributed by atoms with E-state index >= 15 is 0 Å². The number of nitrogens with zero attached hydrogens (tertiary/aromatic N) is 2. The van der Waals surface area contributed by atoms with Crippen molar-refractivity contribution in [3.63, 3.8) is 0 Å². The van der Waals surface area contributed by atoms with Crippen LogP contribution in [0.4, 0.5) is 5.69 Å². The SMILES string of the molecule is Cc1c(Cl)ccc(C(=O)C(C#N)C(=O)C(C)(C)C)c1[N+](=O)[O-]. The minimum atomic E-state index is -1.58. The Bertz CT molecular complexity index is 699. The minimum Gasteiger partial charge on any atom is -0.297 e. The molecule has 0 saturated carbocycles. The van der Waals surface area contributed by atoms with Crippen LogP contribution in [0.25, 0.3) is 0 Å². The van der Waals surface area contributed by atoms with Gasteiger partial charge in [0.1, 0.15) is 0 Å². The van der Waals surface area contributed by atoms with Gasteiger partial charge in [0.15, 0.2) is 17.5 Å². The molecule has 1 aromatic carbocycles. The zero-order valence-electron chi connectivity index (χ0n) is 12.6. The van der Waals surface area contributed by atoms with Gasteiger partial charge in [0.2, 0.25) is 0 Å². The molecule has 0 N–H and O–H groups in total. The molecule has 1 aromatic rings. The van der Waals surface area contributed by atoms with E-state index in [1.165, 1.54) is 19.1 Å². The van der Waals surface area contributed by atoms with Gasteiger partial charge in [-0.2, -0.15) is 5.26 Å². The Labute approximate surface area is 132 Å². The maximum Gasteiger partial charge on any atom is 0.284 e. The molecule has 0 aliphatic carbocycles. The van der Waals surface area contributed by atoms with E-state index in [1.54, 1.807) is 26.8 Å². The molecular formula is C15H15ClN2O4. The van der Waals surface area contributed by atoms with Crippen LogP contribution < -0.4 is 0 Å². The number of nitro benzene ring substituents is 1. The summed E-state index contributed by atoms with van der Waals surface area (Å²) < 4.78 is 0. The predicted molar refractivity (Wildman–Crippen MR) is 80.7 cm³/mol. The second kappa shape index (κ2) is 6.24. The Kier molecular flexibility index (Phi) is 5.05. The molecule has 0 radical (unpaired) electrons. The molecule has 1 unspecified atom stereocenters. The lowest BCUT2D eigenvalue weighted by Gasteiger charge is -2.19. The standard InChI is InChI=1S/C15H15ClN2O4/c1-8-11(16)6-5-9(12(8)18(21)22)13(19)10(7-17)14(20)15(2,3)4/h5-6,10H,1-4H3. The Morgan fingerprint density at radius 3 is 2.32 bits per heavy atom. The maximum absolute atomic E-state index is 12.5. The van der Waals surface area contributed by atoms with E-state index in [1.807, 2.05) is 0 Å². The topological polar surface area (TPSA) is 101 Å². The molecule has 0 bridgehead atoms. The smallest absolute Gasteiger partial charge is 0.284 e. The van der Waals surface area contributed by atoms with Crippen molar-refractivity contribution in [2.45, 2.75) is 27.7 Å². The van der Waals surface area contributed by atoms with E-state index in [4.69, 9.17) is 16.9 Å². The van der Waals surface area contributed by atoms with Crippen LogP contribution in [-0.2, 0) is 4.79 Å². The summed E-state index contributed by atoms with van der Waals surface area (Å²) in [5.41, 5.74) is -1.54. The van der Waals surface area contributed by atoms with Gasteiger partial charge in [-0.1, -0.05) is 32.4 Å². The molecule has 22 heavy (non-hydrogen) atoms. The van der Waals surface area contributed by atoms with Crippen LogP contribution in [-0.4, -0.2) is 16.5 Å². The van der Waals surface area contributed by atoms with Crippen LogP contribution >= 0.6 is 11.6 Å². The highest BCUT2D eigenvalue weighted by molar-refractivity contribution is 6.32. The summed E-state index contributed by atoms with van der Waals surface area (Å²) in [5.74, 6) is -3.05. The first-order valence-corrected chi connectivity index (χ1v) is 6.81. The molecule has 1 rings (SSSR count). The predicted octanol–water partition coefficient (Wildman–Crippen LogP) is 3.49. The second-order valence-electron chi connectivity index (χ2n) is 5.87. The summed E-state index contributed by atoms with van der Waals surface area (Å²) in [5, 5.41) is 20.5. The van der Waals surface area contributed by atoms with Crippen molar-refractivity contribution in [1.29, 1.82) is 5.26 Å². The van der Waals surface area contributed by atoms with Crippen LogP contribution in [0, 0.1) is 39.7 Å². The molecule has 0 amide bonds. The fourth-order valence-electron chi connectivity index (χ4n) is 1.93. The molecule has 0 fully saturated rings. The molecule has 6 nitrogen and oxygen atoms in total. The van der Waals surface area contributed by atoms with E-state index in [0.29, 0.717) is 0 Å². The van der Waals surface area contributed by atoms with E-state index < -0.39 is 33.5 Å². The third-order valence-electron chi connectivity index (χ3n) is 3.21. The summed E-state index contributed by atoms with van der Waals surface area (Å²) in [4.78, 5) is 35.1. The van der Waals surface area contributed by atoms with Gasteiger partial charge in [0.25, 0.3) is 5.69 Å². The Hall–Kier alpha value is -2.26. The van der Waals surface area contributed by atoms with Crippen molar-refractivity contribution < 1.29 is 14.5 Å². The maximum atomic E-state index is 12.5. The molecule has 7 heteroatoms. The number of hydrogen-bond acceptors (Lipinski definition) is 5. The summed E-state index contributed by atoms with van der Waals surface area (Å²) in [6, 6.07) is 4.17. The number of benzene rings is 1. The average Bonchev–Trinajstić information content (AvgIpc) is 2.40. The highest BCUT2D eigenvalue weighted by Gasteiger charge is 2.38. The Balaban J connectivity index is 3.46. The number of Topliss-reactive ketones (excluding diaryl/α,β-unsaturated/α-hetero) is 2. The van der Waals surface area contributed by atoms with Crippen LogP contribution in [0.1, 0.15) is 36.7 Å². The number of carbonyl (C=O) groups excluding carboxylic acids is 2. The van der Waals surface area contributed by atoms with Crippen molar-refractivity contribution in [1.82, 2.24) is 0 Å². The lowest BCUT2D eigenvalue weighted by molar-refractivity contribution is -0.385. The Morgan fingerprint density at radius 2 is 1.91 bits per heavy atom. The number of hydrogen-bond donors (Lipinski definition) is 0. The molecule has 0 aliphatic heterocycles. The monoisotopic (exact) mass is 322 g/mol. The summed E-state index contributed by atoms with van der Waals surface area (Å²) in [6.45, 7) is 6.14. The van der Waals surface area contributed by atoms with Gasteiger partial charge in [0.05, 0.1) is 21.6 Å². The lowest BCUT2D eigenvalue weighted by Crippen LogP contribution is -2.33. The highest BCUT2D eigenvalue weighted by Crippen LogP contribution is 2.32. The van der Waals surface area contributed by atoms with Gasteiger partial charge in [-0.15, -0.1) is 0 Å². The fourth-order valence-corrected chi connectivity index (χ4v) is 2.09. The van der Waals surface area contributed by atoms with E-state index in [0.717, 1.165) is 0 Å². The number of carbonyl (C=O) groups is 2. The van der Waals surface area contributed by atoms with Gasteiger partial charge in [-0.05, 0) is 19.1 Å². The highest BCUT2D eigenvalue weighted by atomic mass is 35.5. The minimum absolute atomic E-state index is 0.123. The zero-order chi connectivity index (χ0) is 17.2. The molecule has 0 saturated heterocycles.